The summed E-state index contributed by atoms with van der Waals surface area (Å²) in [7, 11) is 0. The van der Waals surface area contributed by atoms with Crippen LogP contribution in [0.1, 0.15) is 32.6 Å². The molecule has 4 heteroatoms. The van der Waals surface area contributed by atoms with Crippen molar-refractivity contribution in [2.45, 2.75) is 44.8 Å². The van der Waals surface area contributed by atoms with E-state index < -0.39 is 12.1 Å². The van der Waals surface area contributed by atoms with Crippen LogP contribution in [0.15, 0.2) is 0 Å². The molecule has 0 unspecified atom stereocenters. The zero-order valence-corrected chi connectivity index (χ0v) is 7.77. The van der Waals surface area contributed by atoms with E-state index in [1.165, 1.54) is 0 Å². The Morgan fingerprint density at radius 2 is 1.62 bits per heavy atom. The van der Waals surface area contributed by atoms with Crippen molar-refractivity contribution in [3.8, 4) is 0 Å². The molecular weight excluding hydrogens is 179 g/mol. The highest BCUT2D eigenvalue weighted by atomic mass is 19.4. The van der Waals surface area contributed by atoms with Crippen LogP contribution in [-0.2, 0) is 0 Å². The van der Waals surface area contributed by atoms with E-state index in [4.69, 9.17) is 5.73 Å². The molecule has 1 fully saturated rings. The van der Waals surface area contributed by atoms with Gasteiger partial charge in [0.05, 0.1) is 5.92 Å². The molecular formula is C9H16F3N. The molecule has 1 aliphatic carbocycles. The number of halogens is 3. The maximum atomic E-state index is 12.2. The molecule has 0 aliphatic heterocycles. The van der Waals surface area contributed by atoms with Gasteiger partial charge in [-0.2, -0.15) is 13.2 Å². The van der Waals surface area contributed by atoms with Crippen LogP contribution in [0.25, 0.3) is 0 Å². The van der Waals surface area contributed by atoms with Gasteiger partial charge >= 0.3 is 6.18 Å². The molecule has 0 spiro atoms. The smallest absolute Gasteiger partial charge is 0.328 e. The molecule has 0 radical (unpaired) electrons. The fourth-order valence-electron chi connectivity index (χ4n) is 1.97. The first-order valence-corrected chi connectivity index (χ1v) is 4.73. The molecule has 1 aliphatic rings. The summed E-state index contributed by atoms with van der Waals surface area (Å²) < 4.78 is 36.7. The zero-order valence-electron chi connectivity index (χ0n) is 7.77. The van der Waals surface area contributed by atoms with Crippen LogP contribution >= 0.6 is 0 Å². The van der Waals surface area contributed by atoms with Gasteiger partial charge in [-0.15, -0.1) is 0 Å². The average molecular weight is 195 g/mol. The first-order chi connectivity index (χ1) is 5.91. The van der Waals surface area contributed by atoms with Crippen molar-refractivity contribution in [3.63, 3.8) is 0 Å². The number of hydrogen-bond donors (Lipinski definition) is 1. The third-order valence-electron chi connectivity index (χ3n) is 2.98. The van der Waals surface area contributed by atoms with Crippen LogP contribution in [0.2, 0.25) is 0 Å². The average Bonchev–Trinajstić information content (AvgIpc) is 2.03. The van der Waals surface area contributed by atoms with E-state index in [9.17, 15) is 13.2 Å². The van der Waals surface area contributed by atoms with E-state index in [1.807, 2.05) is 6.92 Å². The summed E-state index contributed by atoms with van der Waals surface area (Å²) in [5.74, 6) is -0.791. The Bertz CT molecular complexity index is 157. The molecule has 0 aromatic carbocycles. The maximum absolute atomic E-state index is 12.2. The number of nitrogens with two attached hydrogens (primary N) is 1. The van der Waals surface area contributed by atoms with E-state index in [1.54, 1.807) is 0 Å². The molecule has 1 atom stereocenters. The van der Waals surface area contributed by atoms with Crippen LogP contribution < -0.4 is 5.73 Å². The van der Waals surface area contributed by atoms with Crippen LogP contribution in [-0.4, -0.2) is 12.2 Å². The second kappa shape index (κ2) is 3.86. The molecule has 0 aromatic heterocycles. The summed E-state index contributed by atoms with van der Waals surface area (Å²) in [4.78, 5) is 0. The summed E-state index contributed by atoms with van der Waals surface area (Å²) in [6.07, 6.45) is -2.22. The largest absolute Gasteiger partial charge is 0.391 e. The molecule has 78 valence electrons. The van der Waals surface area contributed by atoms with Crippen LogP contribution in [0.3, 0.4) is 0 Å². The Morgan fingerprint density at radius 3 is 1.92 bits per heavy atom. The maximum Gasteiger partial charge on any atom is 0.391 e. The van der Waals surface area contributed by atoms with E-state index >= 15 is 0 Å². The van der Waals surface area contributed by atoms with Crippen molar-refractivity contribution in [1.29, 1.82) is 0 Å². The predicted octanol–water partition coefficient (Wildman–Crippen LogP) is 2.70. The number of hydrogen-bond acceptors (Lipinski definition) is 1. The second-order valence-corrected chi connectivity index (χ2v) is 4.01. The highest BCUT2D eigenvalue weighted by Crippen LogP contribution is 2.39. The Hall–Kier alpha value is -0.250. The molecule has 0 saturated heterocycles. The lowest BCUT2D eigenvalue weighted by molar-refractivity contribution is -0.184. The van der Waals surface area contributed by atoms with Gasteiger partial charge in [0.2, 0.25) is 0 Å². The Balaban J connectivity index is 2.39. The van der Waals surface area contributed by atoms with E-state index in [-0.39, 0.29) is 18.9 Å². The van der Waals surface area contributed by atoms with Crippen LogP contribution in [0.5, 0.6) is 0 Å². The normalized spacial score (nSPS) is 33.0. The standard InChI is InChI=1S/C9H16F3N/c1-6(13)7-2-4-8(5-3-7)9(10,11)12/h6-8H,2-5,13H2,1H3/t6-,7?,8?/m1/s1. The van der Waals surface area contributed by atoms with Gasteiger partial charge in [-0.05, 0) is 38.5 Å². The lowest BCUT2D eigenvalue weighted by Gasteiger charge is -2.31. The summed E-state index contributed by atoms with van der Waals surface area (Å²) in [5.41, 5.74) is 5.64. The van der Waals surface area contributed by atoms with Crippen molar-refractivity contribution in [1.82, 2.24) is 0 Å². The van der Waals surface area contributed by atoms with Crippen molar-refractivity contribution in [2.24, 2.45) is 17.6 Å². The summed E-state index contributed by atoms with van der Waals surface area (Å²) in [5, 5.41) is 0. The highest BCUT2D eigenvalue weighted by Gasteiger charge is 2.41. The fraction of sp³-hybridized carbons (Fsp3) is 1.00. The third kappa shape index (κ3) is 2.86. The van der Waals surface area contributed by atoms with Gasteiger partial charge in [-0.25, -0.2) is 0 Å². The minimum atomic E-state index is -4.00. The summed E-state index contributed by atoms with van der Waals surface area (Å²) in [6, 6.07) is 0.0363. The van der Waals surface area contributed by atoms with Crippen molar-refractivity contribution in [3.05, 3.63) is 0 Å². The monoisotopic (exact) mass is 195 g/mol. The molecule has 2 N–H and O–H groups in total. The lowest BCUT2D eigenvalue weighted by atomic mass is 9.79. The summed E-state index contributed by atoms with van der Waals surface area (Å²) in [6.45, 7) is 1.87. The zero-order chi connectivity index (χ0) is 10.1. The first-order valence-electron chi connectivity index (χ1n) is 4.73. The van der Waals surface area contributed by atoms with E-state index in [0.717, 1.165) is 0 Å². The molecule has 1 saturated carbocycles. The Labute approximate surface area is 76.5 Å². The molecule has 1 nitrogen and oxygen atoms in total. The van der Waals surface area contributed by atoms with Crippen molar-refractivity contribution in [2.75, 3.05) is 0 Å². The minimum absolute atomic E-state index is 0.0363. The van der Waals surface area contributed by atoms with Gasteiger partial charge in [-0.3, -0.25) is 0 Å². The van der Waals surface area contributed by atoms with Crippen molar-refractivity contribution >= 4 is 0 Å². The van der Waals surface area contributed by atoms with Crippen LogP contribution in [0, 0.1) is 11.8 Å². The second-order valence-electron chi connectivity index (χ2n) is 4.01. The Kier molecular flexibility index (Phi) is 3.22. The van der Waals surface area contributed by atoms with E-state index in [0.29, 0.717) is 18.8 Å². The summed E-state index contributed by atoms with van der Waals surface area (Å²) >= 11 is 0. The van der Waals surface area contributed by atoms with Gasteiger partial charge in [-0.1, -0.05) is 0 Å². The number of rotatable bonds is 1. The first kappa shape index (κ1) is 10.8. The van der Waals surface area contributed by atoms with E-state index in [2.05, 4.69) is 0 Å². The topological polar surface area (TPSA) is 26.0 Å². The van der Waals surface area contributed by atoms with Gasteiger partial charge in [0.25, 0.3) is 0 Å². The molecule has 0 amide bonds. The van der Waals surface area contributed by atoms with Gasteiger partial charge < -0.3 is 5.73 Å². The predicted molar refractivity (Wildman–Crippen MR) is 45.2 cm³/mol. The Morgan fingerprint density at radius 1 is 1.15 bits per heavy atom. The van der Waals surface area contributed by atoms with Gasteiger partial charge in [0, 0.05) is 6.04 Å². The number of alkyl halides is 3. The molecule has 13 heavy (non-hydrogen) atoms. The van der Waals surface area contributed by atoms with Gasteiger partial charge in [0.15, 0.2) is 0 Å². The van der Waals surface area contributed by atoms with Crippen LogP contribution in [0.4, 0.5) is 13.2 Å². The van der Waals surface area contributed by atoms with Crippen molar-refractivity contribution < 1.29 is 13.2 Å². The highest BCUT2D eigenvalue weighted by molar-refractivity contribution is 4.80. The molecule has 0 heterocycles. The molecule has 0 aromatic rings. The minimum Gasteiger partial charge on any atom is -0.328 e. The lowest BCUT2D eigenvalue weighted by Crippen LogP contribution is -2.34. The quantitative estimate of drug-likeness (QED) is 0.684. The van der Waals surface area contributed by atoms with Gasteiger partial charge in [0.1, 0.15) is 0 Å². The fourth-order valence-corrected chi connectivity index (χ4v) is 1.97. The third-order valence-corrected chi connectivity index (χ3v) is 2.98. The molecule has 1 rings (SSSR count). The molecule has 0 bridgehead atoms. The SMILES string of the molecule is C[C@@H](N)C1CCC(C(F)(F)F)CC1.